The molecule has 0 aliphatic heterocycles. The lowest BCUT2D eigenvalue weighted by Gasteiger charge is -2.01. The van der Waals surface area contributed by atoms with E-state index in [9.17, 15) is 14.9 Å². The number of rotatable bonds is 4. The van der Waals surface area contributed by atoms with E-state index in [2.05, 4.69) is 16.7 Å². The van der Waals surface area contributed by atoms with Gasteiger partial charge in [-0.15, -0.1) is 6.58 Å². The van der Waals surface area contributed by atoms with Gasteiger partial charge in [0.25, 0.3) is 11.6 Å². The van der Waals surface area contributed by atoms with Gasteiger partial charge in [-0.05, 0) is 13.0 Å². The zero-order valence-corrected chi connectivity index (χ0v) is 14.5. The number of allylic oxidation sites excluding steroid dienone is 1. The summed E-state index contributed by atoms with van der Waals surface area (Å²) in [4.78, 5) is 27.8. The maximum atomic E-state index is 12.6. The summed E-state index contributed by atoms with van der Waals surface area (Å²) in [7, 11) is 1.68. The van der Waals surface area contributed by atoms with Crippen molar-refractivity contribution in [3.63, 3.8) is 0 Å². The van der Waals surface area contributed by atoms with Gasteiger partial charge in [-0.1, -0.05) is 17.4 Å². The lowest BCUT2D eigenvalue weighted by molar-refractivity contribution is -0.384. The fraction of sp³-hybridized carbons (Fsp3) is 0.188. The number of aryl methyl sites for hydroxylation is 2. The number of thiazole rings is 1. The lowest BCUT2D eigenvalue weighted by Crippen LogP contribution is -2.17. The van der Waals surface area contributed by atoms with Crippen LogP contribution >= 0.6 is 11.3 Å². The number of benzene rings is 1. The molecule has 0 aliphatic carbocycles. The summed E-state index contributed by atoms with van der Waals surface area (Å²) in [5.74, 6) is -0.406. The van der Waals surface area contributed by atoms with Crippen molar-refractivity contribution in [2.75, 3.05) is 0 Å². The van der Waals surface area contributed by atoms with Crippen LogP contribution in [0, 0.1) is 17.0 Å². The molecule has 0 N–H and O–H groups in total. The Hall–Kier alpha value is -3.07. The minimum Gasteiger partial charge on any atom is -0.312 e. The van der Waals surface area contributed by atoms with Crippen molar-refractivity contribution in [2.24, 2.45) is 12.0 Å². The van der Waals surface area contributed by atoms with Gasteiger partial charge < -0.3 is 4.57 Å². The van der Waals surface area contributed by atoms with E-state index < -0.39 is 10.8 Å². The quantitative estimate of drug-likeness (QED) is 0.407. The molecule has 0 aliphatic rings. The van der Waals surface area contributed by atoms with Gasteiger partial charge in [0.1, 0.15) is 5.69 Å². The minimum atomic E-state index is -0.446. The first-order chi connectivity index (χ1) is 11.9. The molecule has 3 rings (SSSR count). The summed E-state index contributed by atoms with van der Waals surface area (Å²) in [6.45, 7) is 5.95. The number of hydrogen-bond donors (Lipinski definition) is 0. The summed E-state index contributed by atoms with van der Waals surface area (Å²) < 4.78 is 3.97. The van der Waals surface area contributed by atoms with Gasteiger partial charge in [0.05, 0.1) is 21.3 Å². The number of amides is 1. The highest BCUT2D eigenvalue weighted by Gasteiger charge is 2.16. The summed E-state index contributed by atoms with van der Waals surface area (Å²) in [6, 6.07) is 4.58. The molecule has 0 radical (unpaired) electrons. The molecule has 3 aromatic rings. The van der Waals surface area contributed by atoms with Crippen LogP contribution in [0.5, 0.6) is 0 Å². The first kappa shape index (κ1) is 16.8. The monoisotopic (exact) mass is 357 g/mol. The standard InChI is InChI=1S/C16H15N5O3S/c1-4-7-20-12-6-5-11(21(23)24)8-13(12)25-16(20)18-15(22)14-10(2)9-17-19(14)3/h4-6,8-9H,1,7H2,2-3H3. The molecule has 9 heteroatoms. The van der Waals surface area contributed by atoms with Crippen molar-refractivity contribution in [1.29, 1.82) is 0 Å². The normalized spacial score (nSPS) is 11.8. The fourth-order valence-electron chi connectivity index (χ4n) is 2.56. The lowest BCUT2D eigenvalue weighted by atomic mass is 10.3. The zero-order valence-electron chi connectivity index (χ0n) is 13.7. The van der Waals surface area contributed by atoms with Crippen molar-refractivity contribution in [3.05, 3.63) is 63.2 Å². The molecule has 2 aromatic heterocycles. The van der Waals surface area contributed by atoms with Gasteiger partial charge in [-0.2, -0.15) is 10.1 Å². The molecule has 0 saturated carbocycles. The Morgan fingerprint density at radius 1 is 1.52 bits per heavy atom. The molecular weight excluding hydrogens is 342 g/mol. The van der Waals surface area contributed by atoms with Gasteiger partial charge in [-0.3, -0.25) is 19.6 Å². The minimum absolute atomic E-state index is 0.000131. The number of aromatic nitrogens is 3. The first-order valence-electron chi connectivity index (χ1n) is 7.38. The topological polar surface area (TPSA) is 95.3 Å². The van der Waals surface area contributed by atoms with E-state index in [-0.39, 0.29) is 5.69 Å². The molecule has 1 amide bonds. The Morgan fingerprint density at radius 2 is 2.28 bits per heavy atom. The molecule has 25 heavy (non-hydrogen) atoms. The molecule has 128 valence electrons. The van der Waals surface area contributed by atoms with Gasteiger partial charge in [0.15, 0.2) is 4.80 Å². The van der Waals surface area contributed by atoms with Gasteiger partial charge in [0.2, 0.25) is 0 Å². The molecule has 2 heterocycles. The Balaban J connectivity index is 2.20. The molecule has 8 nitrogen and oxygen atoms in total. The third kappa shape index (κ3) is 3.01. The van der Waals surface area contributed by atoms with Gasteiger partial charge in [-0.25, -0.2) is 0 Å². The summed E-state index contributed by atoms with van der Waals surface area (Å²) in [6.07, 6.45) is 3.29. The molecule has 0 spiro atoms. The number of hydrogen-bond acceptors (Lipinski definition) is 5. The van der Waals surface area contributed by atoms with E-state index in [1.807, 2.05) is 0 Å². The Kier molecular flexibility index (Phi) is 4.32. The van der Waals surface area contributed by atoms with Crippen LogP contribution in [0.25, 0.3) is 10.2 Å². The first-order valence-corrected chi connectivity index (χ1v) is 8.20. The molecule has 0 fully saturated rings. The van der Waals surface area contributed by atoms with E-state index >= 15 is 0 Å². The van der Waals surface area contributed by atoms with Crippen LogP contribution in [-0.4, -0.2) is 25.2 Å². The van der Waals surface area contributed by atoms with Crippen LogP contribution < -0.4 is 4.80 Å². The van der Waals surface area contributed by atoms with E-state index in [0.717, 1.165) is 11.1 Å². The molecule has 0 saturated heterocycles. The van der Waals surface area contributed by atoms with Gasteiger partial charge >= 0.3 is 0 Å². The number of nitro groups is 1. The molecule has 0 atom stereocenters. The van der Waals surface area contributed by atoms with Crippen molar-refractivity contribution in [3.8, 4) is 0 Å². The summed E-state index contributed by atoms with van der Waals surface area (Å²) in [5.41, 5.74) is 1.92. The molecule has 1 aromatic carbocycles. The van der Waals surface area contributed by atoms with Crippen LogP contribution in [-0.2, 0) is 13.6 Å². The SMILES string of the molecule is C=CCn1c(=NC(=O)c2c(C)cnn2C)sc2cc([N+](=O)[O-])ccc21. The third-order valence-corrected chi connectivity index (χ3v) is 4.75. The number of nitrogens with zero attached hydrogens (tertiary/aromatic N) is 5. The van der Waals surface area contributed by atoms with Crippen molar-refractivity contribution in [1.82, 2.24) is 14.3 Å². The third-order valence-electron chi connectivity index (χ3n) is 3.71. The smallest absolute Gasteiger partial charge is 0.298 e. The summed E-state index contributed by atoms with van der Waals surface area (Å²) >= 11 is 1.23. The number of carbonyl (C=O) groups excluding carboxylic acids is 1. The molecular formula is C16H15N5O3S. The van der Waals surface area contributed by atoms with E-state index in [4.69, 9.17) is 0 Å². The van der Waals surface area contributed by atoms with Crippen molar-refractivity contribution >= 4 is 33.1 Å². The van der Waals surface area contributed by atoms with Crippen LogP contribution in [0.1, 0.15) is 16.1 Å². The van der Waals surface area contributed by atoms with E-state index in [1.165, 1.54) is 28.2 Å². The van der Waals surface area contributed by atoms with E-state index in [1.54, 1.807) is 36.9 Å². The Bertz CT molecular complexity index is 1050. The summed E-state index contributed by atoms with van der Waals surface area (Å²) in [5, 5.41) is 15.0. The second-order valence-corrected chi connectivity index (χ2v) is 6.42. The highest BCUT2D eigenvalue weighted by atomic mass is 32.1. The fourth-order valence-corrected chi connectivity index (χ4v) is 3.63. The number of nitro benzene ring substituents is 1. The predicted octanol–water partition coefficient (Wildman–Crippen LogP) is 2.58. The van der Waals surface area contributed by atoms with Crippen molar-refractivity contribution < 1.29 is 9.72 Å². The van der Waals surface area contributed by atoms with E-state index in [0.29, 0.717) is 21.7 Å². The average Bonchev–Trinajstić information content (AvgIpc) is 3.07. The van der Waals surface area contributed by atoms with Gasteiger partial charge in [0, 0.05) is 31.3 Å². The van der Waals surface area contributed by atoms with Crippen LogP contribution in [0.4, 0.5) is 5.69 Å². The Morgan fingerprint density at radius 3 is 2.88 bits per heavy atom. The number of fused-ring (bicyclic) bond motifs is 1. The highest BCUT2D eigenvalue weighted by Crippen LogP contribution is 2.23. The van der Waals surface area contributed by atoms with Crippen LogP contribution in [0.2, 0.25) is 0 Å². The largest absolute Gasteiger partial charge is 0.312 e. The van der Waals surface area contributed by atoms with Crippen molar-refractivity contribution in [2.45, 2.75) is 13.5 Å². The molecule has 0 bridgehead atoms. The second-order valence-electron chi connectivity index (χ2n) is 5.41. The highest BCUT2D eigenvalue weighted by molar-refractivity contribution is 7.16. The maximum Gasteiger partial charge on any atom is 0.298 e. The van der Waals surface area contributed by atoms with Crippen LogP contribution in [0.3, 0.4) is 0 Å². The molecule has 0 unspecified atom stereocenters. The maximum absolute atomic E-state index is 12.6. The predicted molar refractivity (Wildman–Crippen MR) is 94.5 cm³/mol. The number of non-ortho nitro benzene ring substituents is 1. The Labute approximate surface area is 146 Å². The average molecular weight is 357 g/mol. The second kappa shape index (κ2) is 6.44. The zero-order chi connectivity index (χ0) is 18.1. The number of carbonyl (C=O) groups is 1. The van der Waals surface area contributed by atoms with Crippen LogP contribution in [0.15, 0.2) is 42.0 Å².